The standard InChI is InChI=1S/C27H26N2O4S/c1-18-16-23(11-8-20(18)10-13-26(30)31)32-15-14-24-19(2)34-27(29-24)21-9-12-25(28-17-21)33-22-6-4-3-5-7-22/h3-9,11-12,16-17H,10,13-15H2,1-2H3,(H,30,31). The second kappa shape index (κ2) is 10.9. The largest absolute Gasteiger partial charge is 0.493 e. The molecular formula is C27H26N2O4S. The molecule has 4 rings (SSSR count). The number of rotatable bonds is 10. The third-order valence-electron chi connectivity index (χ3n) is 5.37. The van der Waals surface area contributed by atoms with Crippen molar-refractivity contribution in [2.45, 2.75) is 33.1 Å². The van der Waals surface area contributed by atoms with E-state index in [2.05, 4.69) is 11.9 Å². The van der Waals surface area contributed by atoms with Gasteiger partial charge in [0.25, 0.3) is 0 Å². The first-order chi connectivity index (χ1) is 16.5. The molecule has 0 radical (unpaired) electrons. The van der Waals surface area contributed by atoms with E-state index >= 15 is 0 Å². The molecule has 2 aromatic heterocycles. The Morgan fingerprint density at radius 2 is 1.82 bits per heavy atom. The van der Waals surface area contributed by atoms with Crippen LogP contribution >= 0.6 is 11.3 Å². The van der Waals surface area contributed by atoms with E-state index in [0.29, 0.717) is 25.3 Å². The summed E-state index contributed by atoms with van der Waals surface area (Å²) in [5.41, 5.74) is 4.04. The summed E-state index contributed by atoms with van der Waals surface area (Å²) in [6.45, 7) is 4.56. The predicted octanol–water partition coefficient (Wildman–Crippen LogP) is 6.25. The molecule has 1 N–H and O–H groups in total. The maximum atomic E-state index is 10.8. The minimum atomic E-state index is -0.787. The first kappa shape index (κ1) is 23.4. The van der Waals surface area contributed by atoms with Crippen molar-refractivity contribution in [3.63, 3.8) is 0 Å². The van der Waals surface area contributed by atoms with Crippen LogP contribution in [-0.2, 0) is 17.6 Å². The third-order valence-corrected chi connectivity index (χ3v) is 6.43. The number of benzene rings is 2. The summed E-state index contributed by atoms with van der Waals surface area (Å²) in [7, 11) is 0. The smallest absolute Gasteiger partial charge is 0.303 e. The highest BCUT2D eigenvalue weighted by Crippen LogP contribution is 2.29. The minimum Gasteiger partial charge on any atom is -0.493 e. The molecule has 7 heteroatoms. The second-order valence-corrected chi connectivity index (χ2v) is 9.11. The Bertz CT molecular complexity index is 1250. The van der Waals surface area contributed by atoms with E-state index in [-0.39, 0.29) is 6.42 Å². The topological polar surface area (TPSA) is 81.5 Å². The summed E-state index contributed by atoms with van der Waals surface area (Å²) >= 11 is 1.64. The number of hydrogen-bond acceptors (Lipinski definition) is 6. The number of hydrogen-bond donors (Lipinski definition) is 1. The molecule has 4 aromatic rings. The monoisotopic (exact) mass is 474 g/mol. The Labute approximate surface area is 202 Å². The molecular weight excluding hydrogens is 448 g/mol. The van der Waals surface area contributed by atoms with Gasteiger partial charge in [-0.2, -0.15) is 0 Å². The summed E-state index contributed by atoms with van der Waals surface area (Å²) in [4.78, 5) is 21.2. The lowest BCUT2D eigenvalue weighted by atomic mass is 10.0. The second-order valence-electron chi connectivity index (χ2n) is 7.90. The quantitative estimate of drug-likeness (QED) is 0.292. The first-order valence-corrected chi connectivity index (χ1v) is 11.9. The zero-order valence-corrected chi connectivity index (χ0v) is 20.0. The molecule has 6 nitrogen and oxygen atoms in total. The van der Waals surface area contributed by atoms with Crippen molar-refractivity contribution in [3.05, 3.63) is 88.6 Å². The molecule has 0 aliphatic heterocycles. The van der Waals surface area contributed by atoms with Gasteiger partial charge < -0.3 is 14.6 Å². The lowest BCUT2D eigenvalue weighted by molar-refractivity contribution is -0.136. The van der Waals surface area contributed by atoms with Crippen molar-refractivity contribution >= 4 is 17.3 Å². The minimum absolute atomic E-state index is 0.130. The van der Waals surface area contributed by atoms with Crippen LogP contribution in [0.4, 0.5) is 0 Å². The van der Waals surface area contributed by atoms with Crippen LogP contribution in [0, 0.1) is 13.8 Å². The van der Waals surface area contributed by atoms with Gasteiger partial charge in [-0.15, -0.1) is 11.3 Å². The number of carbonyl (C=O) groups is 1. The molecule has 174 valence electrons. The highest BCUT2D eigenvalue weighted by atomic mass is 32.1. The molecule has 0 unspecified atom stereocenters. The molecule has 0 fully saturated rings. The maximum absolute atomic E-state index is 10.8. The van der Waals surface area contributed by atoms with E-state index in [0.717, 1.165) is 43.8 Å². The maximum Gasteiger partial charge on any atom is 0.303 e. The van der Waals surface area contributed by atoms with E-state index in [1.165, 1.54) is 0 Å². The first-order valence-electron chi connectivity index (χ1n) is 11.1. The van der Waals surface area contributed by atoms with Crippen molar-refractivity contribution in [1.82, 2.24) is 9.97 Å². The fraction of sp³-hybridized carbons (Fsp3) is 0.222. The lowest BCUT2D eigenvalue weighted by Gasteiger charge is -2.09. The average Bonchev–Trinajstić information content (AvgIpc) is 3.20. The number of ether oxygens (including phenoxy) is 2. The molecule has 0 aliphatic carbocycles. The van der Waals surface area contributed by atoms with Gasteiger partial charge in [-0.25, -0.2) is 9.97 Å². The van der Waals surface area contributed by atoms with Gasteiger partial charge in [0.1, 0.15) is 16.5 Å². The van der Waals surface area contributed by atoms with Crippen molar-refractivity contribution < 1.29 is 19.4 Å². The van der Waals surface area contributed by atoms with Gasteiger partial charge in [0.15, 0.2) is 0 Å². The van der Waals surface area contributed by atoms with Crippen molar-refractivity contribution in [2.24, 2.45) is 0 Å². The van der Waals surface area contributed by atoms with Crippen LogP contribution in [0.3, 0.4) is 0 Å². The fourth-order valence-corrected chi connectivity index (χ4v) is 4.46. The average molecular weight is 475 g/mol. The highest BCUT2D eigenvalue weighted by molar-refractivity contribution is 7.15. The van der Waals surface area contributed by atoms with Gasteiger partial charge in [-0.05, 0) is 61.7 Å². The lowest BCUT2D eigenvalue weighted by Crippen LogP contribution is -2.04. The SMILES string of the molecule is Cc1cc(OCCc2nc(-c3ccc(Oc4ccccc4)nc3)sc2C)ccc1CCC(=O)O. The Hall–Kier alpha value is -3.71. The fourth-order valence-electron chi connectivity index (χ4n) is 3.51. The van der Waals surface area contributed by atoms with Gasteiger partial charge in [-0.3, -0.25) is 4.79 Å². The molecule has 0 amide bonds. The molecule has 2 aromatic carbocycles. The summed E-state index contributed by atoms with van der Waals surface area (Å²) in [5.74, 6) is 1.29. The van der Waals surface area contributed by atoms with Crippen molar-refractivity contribution in [3.8, 4) is 28.0 Å². The van der Waals surface area contributed by atoms with Gasteiger partial charge in [0.05, 0.1) is 12.3 Å². The number of aryl methyl sites for hydroxylation is 3. The Morgan fingerprint density at radius 3 is 2.53 bits per heavy atom. The number of carboxylic acid groups (broad SMARTS) is 1. The van der Waals surface area contributed by atoms with Crippen LogP contribution < -0.4 is 9.47 Å². The van der Waals surface area contributed by atoms with E-state index < -0.39 is 5.97 Å². The van der Waals surface area contributed by atoms with Crippen LogP contribution in [0.5, 0.6) is 17.4 Å². The van der Waals surface area contributed by atoms with Crippen molar-refractivity contribution in [1.29, 1.82) is 0 Å². The summed E-state index contributed by atoms with van der Waals surface area (Å²) in [6.07, 6.45) is 3.14. The van der Waals surface area contributed by atoms with E-state index in [4.69, 9.17) is 19.6 Å². The van der Waals surface area contributed by atoms with Crippen LogP contribution in [0.1, 0.15) is 28.1 Å². The van der Waals surface area contributed by atoms with E-state index in [1.54, 1.807) is 17.5 Å². The third kappa shape index (κ3) is 6.20. The molecule has 0 atom stereocenters. The zero-order valence-electron chi connectivity index (χ0n) is 19.2. The van der Waals surface area contributed by atoms with Gasteiger partial charge in [0.2, 0.25) is 5.88 Å². The Balaban J connectivity index is 1.33. The number of carboxylic acids is 1. The van der Waals surface area contributed by atoms with Gasteiger partial charge in [-0.1, -0.05) is 24.3 Å². The number of para-hydroxylation sites is 1. The molecule has 0 aliphatic rings. The molecule has 34 heavy (non-hydrogen) atoms. The normalized spacial score (nSPS) is 10.8. The Kier molecular flexibility index (Phi) is 7.54. The van der Waals surface area contributed by atoms with Crippen LogP contribution in [0.2, 0.25) is 0 Å². The summed E-state index contributed by atoms with van der Waals surface area (Å²) in [5, 5.41) is 9.79. The van der Waals surface area contributed by atoms with Gasteiger partial charge in [0, 0.05) is 35.5 Å². The highest BCUT2D eigenvalue weighted by Gasteiger charge is 2.11. The zero-order chi connectivity index (χ0) is 23.9. The number of nitrogens with zero attached hydrogens (tertiary/aromatic N) is 2. The molecule has 0 saturated carbocycles. The van der Waals surface area contributed by atoms with Crippen LogP contribution in [0.25, 0.3) is 10.6 Å². The number of thiazole rings is 1. The summed E-state index contributed by atoms with van der Waals surface area (Å²) in [6, 6.07) is 19.2. The molecule has 0 spiro atoms. The van der Waals surface area contributed by atoms with E-state index in [9.17, 15) is 4.79 Å². The van der Waals surface area contributed by atoms with Crippen LogP contribution in [-0.4, -0.2) is 27.7 Å². The Morgan fingerprint density at radius 1 is 1.00 bits per heavy atom. The predicted molar refractivity (Wildman–Crippen MR) is 133 cm³/mol. The number of aliphatic carboxylic acids is 1. The van der Waals surface area contributed by atoms with Crippen molar-refractivity contribution in [2.75, 3.05) is 6.61 Å². The molecule has 2 heterocycles. The molecule has 0 bridgehead atoms. The number of pyridine rings is 1. The molecule has 0 saturated heterocycles. The summed E-state index contributed by atoms with van der Waals surface area (Å²) < 4.78 is 11.7. The van der Waals surface area contributed by atoms with Gasteiger partial charge >= 0.3 is 5.97 Å². The number of aromatic nitrogens is 2. The van der Waals surface area contributed by atoms with E-state index in [1.807, 2.05) is 67.6 Å². The van der Waals surface area contributed by atoms with Crippen LogP contribution in [0.15, 0.2) is 66.9 Å².